The van der Waals surface area contributed by atoms with Gasteiger partial charge < -0.3 is 5.32 Å². The molecule has 0 saturated heterocycles. The van der Waals surface area contributed by atoms with Gasteiger partial charge in [0.05, 0.1) is 17.4 Å². The van der Waals surface area contributed by atoms with Gasteiger partial charge in [0, 0.05) is 6.54 Å². The monoisotopic (exact) mass is 220 g/mol. The molecule has 0 aliphatic heterocycles. The molecule has 1 aromatic rings. The third-order valence-corrected chi connectivity index (χ3v) is 3.78. The first kappa shape index (κ1) is 10.3. The molecule has 0 bridgehead atoms. The highest BCUT2D eigenvalue weighted by atomic mass is 15.5. The van der Waals surface area contributed by atoms with Crippen molar-refractivity contribution in [3.8, 4) is 0 Å². The highest BCUT2D eigenvalue weighted by Gasteiger charge is 2.38. The Labute approximate surface area is 96.4 Å². The fourth-order valence-corrected chi connectivity index (χ4v) is 2.37. The second kappa shape index (κ2) is 3.84. The van der Waals surface area contributed by atoms with Crippen molar-refractivity contribution >= 4 is 0 Å². The lowest BCUT2D eigenvalue weighted by molar-refractivity contribution is 0.546. The molecule has 2 aliphatic rings. The summed E-state index contributed by atoms with van der Waals surface area (Å²) in [7, 11) is 1.97. The third kappa shape index (κ3) is 1.86. The minimum absolute atomic E-state index is 0.631. The largest absolute Gasteiger partial charge is 0.314 e. The van der Waals surface area contributed by atoms with E-state index in [1.54, 1.807) is 0 Å². The fraction of sp³-hybridized carbons (Fsp3) is 0.833. The molecule has 3 rings (SSSR count). The number of hydrogen-bond donors (Lipinski definition) is 1. The molecule has 2 unspecified atom stereocenters. The average Bonchev–Trinajstić information content (AvgIpc) is 3.14. The summed E-state index contributed by atoms with van der Waals surface area (Å²) in [6.45, 7) is 3.15. The van der Waals surface area contributed by atoms with Crippen LogP contribution in [0.5, 0.6) is 0 Å². The lowest BCUT2D eigenvalue weighted by Crippen LogP contribution is -2.11. The first-order valence-electron chi connectivity index (χ1n) is 6.37. The molecule has 4 nitrogen and oxygen atoms in total. The van der Waals surface area contributed by atoms with E-state index < -0.39 is 0 Å². The van der Waals surface area contributed by atoms with Gasteiger partial charge >= 0.3 is 0 Å². The summed E-state index contributed by atoms with van der Waals surface area (Å²) in [5.41, 5.74) is 2.56. The van der Waals surface area contributed by atoms with Gasteiger partial charge in [0.15, 0.2) is 0 Å². The Morgan fingerprint density at radius 3 is 2.75 bits per heavy atom. The van der Waals surface area contributed by atoms with E-state index in [0.717, 1.165) is 24.1 Å². The molecule has 16 heavy (non-hydrogen) atoms. The number of nitrogens with zero attached hydrogens (tertiary/aromatic N) is 3. The lowest BCUT2D eigenvalue weighted by atomic mass is 10.1. The highest BCUT2D eigenvalue weighted by molar-refractivity contribution is 5.15. The van der Waals surface area contributed by atoms with Crippen molar-refractivity contribution < 1.29 is 0 Å². The molecule has 1 N–H and O–H groups in total. The van der Waals surface area contributed by atoms with E-state index in [9.17, 15) is 0 Å². The molecule has 0 spiro atoms. The van der Waals surface area contributed by atoms with Gasteiger partial charge in [-0.25, -0.2) is 4.68 Å². The number of hydrogen-bond acceptors (Lipinski definition) is 3. The van der Waals surface area contributed by atoms with Crippen LogP contribution in [0, 0.1) is 11.8 Å². The van der Waals surface area contributed by atoms with Gasteiger partial charge in [0.1, 0.15) is 0 Å². The van der Waals surface area contributed by atoms with E-state index in [4.69, 9.17) is 0 Å². The second-order valence-corrected chi connectivity index (χ2v) is 5.39. The molecule has 2 saturated carbocycles. The summed E-state index contributed by atoms with van der Waals surface area (Å²) in [6.07, 6.45) is 5.25. The number of aromatic nitrogens is 3. The standard InChI is InChI=1S/C12H20N4/c1-8-5-11(8)16-12(6-9-3-4-9)10(7-13-2)14-15-16/h8-9,11,13H,3-7H2,1-2H3. The van der Waals surface area contributed by atoms with Gasteiger partial charge in [0.25, 0.3) is 0 Å². The van der Waals surface area contributed by atoms with Crippen LogP contribution in [-0.4, -0.2) is 22.0 Å². The highest BCUT2D eigenvalue weighted by Crippen LogP contribution is 2.44. The molecule has 2 fully saturated rings. The van der Waals surface area contributed by atoms with Crippen molar-refractivity contribution in [2.24, 2.45) is 11.8 Å². The maximum Gasteiger partial charge on any atom is 0.0996 e. The average molecular weight is 220 g/mol. The summed E-state index contributed by atoms with van der Waals surface area (Å²) in [5, 5.41) is 11.9. The van der Waals surface area contributed by atoms with E-state index >= 15 is 0 Å². The van der Waals surface area contributed by atoms with Crippen LogP contribution < -0.4 is 5.32 Å². The molecule has 88 valence electrons. The third-order valence-electron chi connectivity index (χ3n) is 3.78. The molecule has 0 aromatic carbocycles. The Bertz CT molecular complexity index is 380. The molecule has 2 atom stereocenters. The number of nitrogens with one attached hydrogen (secondary N) is 1. The maximum atomic E-state index is 4.35. The molecule has 0 amide bonds. The van der Waals surface area contributed by atoms with Crippen LogP contribution >= 0.6 is 0 Å². The number of rotatable bonds is 5. The second-order valence-electron chi connectivity index (χ2n) is 5.39. The van der Waals surface area contributed by atoms with Crippen LogP contribution in [0.4, 0.5) is 0 Å². The molecule has 0 radical (unpaired) electrons. The van der Waals surface area contributed by atoms with E-state index in [2.05, 4.69) is 27.2 Å². The van der Waals surface area contributed by atoms with Gasteiger partial charge in [0.2, 0.25) is 0 Å². The van der Waals surface area contributed by atoms with Crippen molar-refractivity contribution in [3.63, 3.8) is 0 Å². The zero-order valence-electron chi connectivity index (χ0n) is 10.1. The van der Waals surface area contributed by atoms with Crippen LogP contribution in [-0.2, 0) is 13.0 Å². The molecular formula is C12H20N4. The Kier molecular flexibility index (Phi) is 2.46. The van der Waals surface area contributed by atoms with Gasteiger partial charge in [-0.15, -0.1) is 5.10 Å². The van der Waals surface area contributed by atoms with Gasteiger partial charge in [-0.1, -0.05) is 12.1 Å². The van der Waals surface area contributed by atoms with E-state index in [1.807, 2.05) is 7.05 Å². The van der Waals surface area contributed by atoms with E-state index in [1.165, 1.54) is 31.4 Å². The Balaban J connectivity index is 1.84. The fourth-order valence-electron chi connectivity index (χ4n) is 2.37. The van der Waals surface area contributed by atoms with Crippen molar-refractivity contribution in [2.75, 3.05) is 7.05 Å². The lowest BCUT2D eigenvalue weighted by Gasteiger charge is -2.06. The molecule has 1 aromatic heterocycles. The SMILES string of the molecule is CNCc1nnn(C2CC2C)c1CC1CC1. The van der Waals surface area contributed by atoms with Gasteiger partial charge in [-0.05, 0) is 44.6 Å². The first-order valence-corrected chi connectivity index (χ1v) is 6.37. The van der Waals surface area contributed by atoms with Crippen LogP contribution in [0.2, 0.25) is 0 Å². The van der Waals surface area contributed by atoms with Crippen LogP contribution in [0.15, 0.2) is 0 Å². The van der Waals surface area contributed by atoms with Crippen LogP contribution in [0.3, 0.4) is 0 Å². The first-order chi connectivity index (χ1) is 7.79. The molecule has 2 aliphatic carbocycles. The predicted molar refractivity (Wildman–Crippen MR) is 62.0 cm³/mol. The summed E-state index contributed by atoms with van der Waals surface area (Å²) in [4.78, 5) is 0. The van der Waals surface area contributed by atoms with Gasteiger partial charge in [-0.2, -0.15) is 0 Å². The van der Waals surface area contributed by atoms with Crippen molar-refractivity contribution in [1.82, 2.24) is 20.3 Å². The van der Waals surface area contributed by atoms with Crippen molar-refractivity contribution in [3.05, 3.63) is 11.4 Å². The van der Waals surface area contributed by atoms with Crippen LogP contribution in [0.1, 0.15) is 43.6 Å². The Morgan fingerprint density at radius 2 is 2.19 bits per heavy atom. The normalized spacial score (nSPS) is 28.4. The summed E-state index contributed by atoms with van der Waals surface area (Å²) in [6, 6.07) is 0.631. The van der Waals surface area contributed by atoms with Gasteiger partial charge in [-0.3, -0.25) is 0 Å². The topological polar surface area (TPSA) is 42.7 Å². The van der Waals surface area contributed by atoms with Crippen molar-refractivity contribution in [1.29, 1.82) is 0 Å². The Hall–Kier alpha value is -0.900. The zero-order valence-corrected chi connectivity index (χ0v) is 10.1. The van der Waals surface area contributed by atoms with Crippen molar-refractivity contribution in [2.45, 2.75) is 45.2 Å². The molecule has 1 heterocycles. The van der Waals surface area contributed by atoms with E-state index in [0.29, 0.717) is 6.04 Å². The molecule has 4 heteroatoms. The zero-order chi connectivity index (χ0) is 11.1. The quantitative estimate of drug-likeness (QED) is 0.818. The predicted octanol–water partition coefficient (Wildman–Crippen LogP) is 1.53. The maximum absolute atomic E-state index is 4.35. The molecular weight excluding hydrogens is 200 g/mol. The Morgan fingerprint density at radius 1 is 1.44 bits per heavy atom. The summed E-state index contributed by atoms with van der Waals surface area (Å²) in [5.74, 6) is 1.70. The smallest absolute Gasteiger partial charge is 0.0996 e. The van der Waals surface area contributed by atoms with Crippen LogP contribution in [0.25, 0.3) is 0 Å². The summed E-state index contributed by atoms with van der Waals surface area (Å²) >= 11 is 0. The summed E-state index contributed by atoms with van der Waals surface area (Å²) < 4.78 is 2.20. The van der Waals surface area contributed by atoms with E-state index in [-0.39, 0.29) is 0 Å². The minimum atomic E-state index is 0.631. The minimum Gasteiger partial charge on any atom is -0.314 e.